The summed E-state index contributed by atoms with van der Waals surface area (Å²) in [6, 6.07) is 10.4. The smallest absolute Gasteiger partial charge is 0.0749 e. The quantitative estimate of drug-likeness (QED) is 0.712. The van der Waals surface area contributed by atoms with Gasteiger partial charge in [-0.15, -0.1) is 0 Å². The van der Waals surface area contributed by atoms with Crippen LogP contribution in [-0.4, -0.2) is 18.2 Å². The van der Waals surface area contributed by atoms with E-state index in [1.807, 2.05) is 6.07 Å². The minimum atomic E-state index is 0.300. The number of hydroxylamine groups is 2. The Bertz CT molecular complexity index is 294. The molecule has 1 aromatic rings. The molecule has 1 fully saturated rings. The van der Waals surface area contributed by atoms with Crippen molar-refractivity contribution in [2.24, 2.45) is 5.41 Å². The summed E-state index contributed by atoms with van der Waals surface area (Å²) in [5, 5.41) is 2.05. The number of nitrogens with zero attached hydrogens (tertiary/aromatic N) is 1. The summed E-state index contributed by atoms with van der Waals surface area (Å²) in [5.41, 5.74) is 1.61. The molecule has 0 aromatic heterocycles. The third kappa shape index (κ3) is 2.34. The van der Waals surface area contributed by atoms with E-state index in [1.165, 1.54) is 5.56 Å². The highest BCUT2D eigenvalue weighted by molar-refractivity contribution is 5.14. The summed E-state index contributed by atoms with van der Waals surface area (Å²) in [7, 11) is 0. The zero-order valence-corrected chi connectivity index (χ0v) is 8.86. The first-order valence-corrected chi connectivity index (χ1v) is 5.08. The van der Waals surface area contributed by atoms with Crippen LogP contribution in [0.4, 0.5) is 0 Å². The average molecular weight is 191 g/mol. The molecule has 14 heavy (non-hydrogen) atoms. The van der Waals surface area contributed by atoms with Crippen molar-refractivity contribution in [1.82, 2.24) is 5.06 Å². The second kappa shape index (κ2) is 3.71. The van der Waals surface area contributed by atoms with Gasteiger partial charge < -0.3 is 0 Å². The summed E-state index contributed by atoms with van der Waals surface area (Å²) < 4.78 is 0. The number of hydrogen-bond acceptors (Lipinski definition) is 2. The normalized spacial score (nSPS) is 21.3. The Balaban J connectivity index is 1.94. The maximum absolute atomic E-state index is 5.61. The Morgan fingerprint density at radius 2 is 2.00 bits per heavy atom. The Labute approximate surface area is 85.4 Å². The van der Waals surface area contributed by atoms with Gasteiger partial charge in [0, 0.05) is 18.5 Å². The molecule has 0 atom stereocenters. The van der Waals surface area contributed by atoms with Crippen molar-refractivity contribution in [3.63, 3.8) is 0 Å². The van der Waals surface area contributed by atoms with Crippen molar-refractivity contribution in [1.29, 1.82) is 0 Å². The lowest BCUT2D eigenvalue weighted by Gasteiger charge is -2.16. The van der Waals surface area contributed by atoms with E-state index in [1.54, 1.807) is 0 Å². The molecule has 1 aliphatic rings. The Morgan fingerprint density at radius 3 is 2.57 bits per heavy atom. The van der Waals surface area contributed by atoms with Crippen LogP contribution < -0.4 is 0 Å². The largest absolute Gasteiger partial charge is 0.298 e. The second-order valence-corrected chi connectivity index (χ2v) is 4.72. The first-order chi connectivity index (χ1) is 6.66. The van der Waals surface area contributed by atoms with Gasteiger partial charge in [0.25, 0.3) is 0 Å². The molecule has 0 bridgehead atoms. The summed E-state index contributed by atoms with van der Waals surface area (Å²) in [6.07, 6.45) is 0. The maximum Gasteiger partial charge on any atom is 0.0749 e. The van der Waals surface area contributed by atoms with Gasteiger partial charge in [0.1, 0.15) is 0 Å². The second-order valence-electron chi connectivity index (χ2n) is 4.72. The van der Waals surface area contributed by atoms with Crippen LogP contribution >= 0.6 is 0 Å². The van der Waals surface area contributed by atoms with E-state index < -0.39 is 0 Å². The maximum atomic E-state index is 5.61. The van der Waals surface area contributed by atoms with Crippen LogP contribution in [0.25, 0.3) is 0 Å². The molecule has 0 radical (unpaired) electrons. The third-order valence-corrected chi connectivity index (χ3v) is 2.44. The fourth-order valence-corrected chi connectivity index (χ4v) is 1.72. The monoisotopic (exact) mass is 191 g/mol. The van der Waals surface area contributed by atoms with Crippen LogP contribution in [0.3, 0.4) is 0 Å². The van der Waals surface area contributed by atoms with Crippen molar-refractivity contribution < 1.29 is 4.84 Å². The molecule has 76 valence electrons. The zero-order valence-electron chi connectivity index (χ0n) is 8.86. The molecule has 1 aromatic carbocycles. The lowest BCUT2D eigenvalue weighted by Crippen LogP contribution is -2.22. The van der Waals surface area contributed by atoms with Gasteiger partial charge in [0.15, 0.2) is 0 Å². The van der Waals surface area contributed by atoms with E-state index in [9.17, 15) is 0 Å². The minimum absolute atomic E-state index is 0.300. The van der Waals surface area contributed by atoms with Crippen LogP contribution in [0.2, 0.25) is 0 Å². The fraction of sp³-hybridized carbons (Fsp3) is 0.500. The van der Waals surface area contributed by atoms with Gasteiger partial charge in [-0.25, -0.2) is 0 Å². The van der Waals surface area contributed by atoms with Crippen molar-refractivity contribution in [3.05, 3.63) is 35.9 Å². The predicted octanol–water partition coefficient (Wildman–Crippen LogP) is 2.46. The zero-order chi connectivity index (χ0) is 10.0. The number of rotatable bonds is 2. The van der Waals surface area contributed by atoms with Crippen LogP contribution in [0.1, 0.15) is 19.4 Å². The molecule has 2 rings (SSSR count). The van der Waals surface area contributed by atoms with Crippen LogP contribution in [0.15, 0.2) is 30.3 Å². The van der Waals surface area contributed by atoms with Gasteiger partial charge in [-0.1, -0.05) is 44.2 Å². The summed E-state index contributed by atoms with van der Waals surface area (Å²) in [4.78, 5) is 5.61. The van der Waals surface area contributed by atoms with Crippen LogP contribution in [0, 0.1) is 5.41 Å². The molecule has 0 N–H and O–H groups in total. The highest BCUT2D eigenvalue weighted by atomic mass is 16.7. The Kier molecular flexibility index (Phi) is 2.57. The molecule has 1 heterocycles. The lowest BCUT2D eigenvalue weighted by molar-refractivity contribution is -0.117. The van der Waals surface area contributed by atoms with Crippen molar-refractivity contribution in [3.8, 4) is 0 Å². The molecule has 2 heteroatoms. The summed E-state index contributed by atoms with van der Waals surface area (Å²) in [6.45, 7) is 7.21. The van der Waals surface area contributed by atoms with Gasteiger partial charge in [-0.05, 0) is 5.56 Å². The molecule has 0 saturated carbocycles. The average Bonchev–Trinajstić information content (AvgIpc) is 2.47. The van der Waals surface area contributed by atoms with Gasteiger partial charge in [0.2, 0.25) is 0 Å². The topological polar surface area (TPSA) is 12.5 Å². The predicted molar refractivity (Wildman–Crippen MR) is 56.6 cm³/mol. The molecule has 1 aliphatic heterocycles. The number of hydrogen-bond donors (Lipinski definition) is 0. The van der Waals surface area contributed by atoms with Crippen molar-refractivity contribution >= 4 is 0 Å². The molecular weight excluding hydrogens is 174 g/mol. The Hall–Kier alpha value is -0.860. The van der Waals surface area contributed by atoms with E-state index in [2.05, 4.69) is 43.2 Å². The highest BCUT2D eigenvalue weighted by Crippen LogP contribution is 2.25. The summed E-state index contributed by atoms with van der Waals surface area (Å²) >= 11 is 0. The number of benzene rings is 1. The SMILES string of the molecule is CC1(C)CON(Cc2ccccc2)C1. The first kappa shape index (κ1) is 9.69. The Morgan fingerprint density at radius 1 is 1.29 bits per heavy atom. The molecule has 0 spiro atoms. The molecule has 0 aliphatic carbocycles. The van der Waals surface area contributed by atoms with E-state index >= 15 is 0 Å². The van der Waals surface area contributed by atoms with E-state index in [-0.39, 0.29) is 0 Å². The van der Waals surface area contributed by atoms with E-state index in [0.29, 0.717) is 5.41 Å². The van der Waals surface area contributed by atoms with E-state index in [4.69, 9.17) is 4.84 Å². The molecular formula is C12H17NO. The molecule has 0 unspecified atom stereocenters. The van der Waals surface area contributed by atoms with Crippen molar-refractivity contribution in [2.45, 2.75) is 20.4 Å². The molecule has 1 saturated heterocycles. The van der Waals surface area contributed by atoms with Crippen LogP contribution in [-0.2, 0) is 11.4 Å². The van der Waals surface area contributed by atoms with Gasteiger partial charge in [0.05, 0.1) is 6.61 Å². The molecule has 2 nitrogen and oxygen atoms in total. The third-order valence-electron chi connectivity index (χ3n) is 2.44. The molecule has 0 amide bonds. The van der Waals surface area contributed by atoms with E-state index in [0.717, 1.165) is 19.7 Å². The standard InChI is InChI=1S/C12H17NO/c1-12(2)9-13(14-10-12)8-11-6-4-3-5-7-11/h3-7H,8-10H2,1-2H3. The van der Waals surface area contributed by atoms with Gasteiger partial charge >= 0.3 is 0 Å². The van der Waals surface area contributed by atoms with Gasteiger partial charge in [-0.3, -0.25) is 4.84 Å². The highest BCUT2D eigenvalue weighted by Gasteiger charge is 2.30. The van der Waals surface area contributed by atoms with Crippen LogP contribution in [0.5, 0.6) is 0 Å². The fourth-order valence-electron chi connectivity index (χ4n) is 1.72. The lowest BCUT2D eigenvalue weighted by atomic mass is 9.96. The minimum Gasteiger partial charge on any atom is -0.298 e. The van der Waals surface area contributed by atoms with Crippen molar-refractivity contribution in [2.75, 3.05) is 13.2 Å². The first-order valence-electron chi connectivity index (χ1n) is 5.08. The van der Waals surface area contributed by atoms with Gasteiger partial charge in [-0.2, -0.15) is 5.06 Å². The summed E-state index contributed by atoms with van der Waals surface area (Å²) in [5.74, 6) is 0.